The number of azide groups is 1. The minimum Gasteiger partial charge on any atom is -0.371 e. The monoisotopic (exact) mass is 475 g/mol. The molecule has 0 radical (unpaired) electrons. The summed E-state index contributed by atoms with van der Waals surface area (Å²) in [7, 11) is 0. The van der Waals surface area contributed by atoms with Gasteiger partial charge in [-0.1, -0.05) is 96.1 Å². The Morgan fingerprint density at radius 1 is 0.800 bits per heavy atom. The van der Waals surface area contributed by atoms with Gasteiger partial charge in [0.1, 0.15) is 18.8 Å². The molecule has 1 saturated heterocycles. The van der Waals surface area contributed by atoms with E-state index in [1.807, 2.05) is 91.0 Å². The summed E-state index contributed by atoms with van der Waals surface area (Å²) in [5.41, 5.74) is 11.8. The second-order valence-corrected chi connectivity index (χ2v) is 8.37. The van der Waals surface area contributed by atoms with E-state index in [-0.39, 0.29) is 26.4 Å². The summed E-state index contributed by atoms with van der Waals surface area (Å²) >= 11 is 0. The molecule has 35 heavy (non-hydrogen) atoms. The Bertz CT molecular complexity index is 1080. The summed E-state index contributed by atoms with van der Waals surface area (Å²) in [4.78, 5) is 2.86. The third-order valence-corrected chi connectivity index (χ3v) is 5.77. The van der Waals surface area contributed by atoms with Gasteiger partial charge in [-0.15, -0.1) is 0 Å². The summed E-state index contributed by atoms with van der Waals surface area (Å²) < 4.78 is 24.3. The molecule has 0 amide bonds. The quantitative estimate of drug-likeness (QED) is 0.231. The summed E-state index contributed by atoms with van der Waals surface area (Å²) in [6.07, 6.45) is -2.27. The Hall–Kier alpha value is -3.23. The zero-order valence-corrected chi connectivity index (χ0v) is 19.3. The van der Waals surface area contributed by atoms with Crippen LogP contribution in [0.3, 0.4) is 0 Å². The predicted molar refractivity (Wildman–Crippen MR) is 130 cm³/mol. The average molecular weight is 476 g/mol. The Morgan fingerprint density at radius 3 is 1.86 bits per heavy atom. The first-order chi connectivity index (χ1) is 17.2. The van der Waals surface area contributed by atoms with Crippen molar-refractivity contribution >= 4 is 0 Å². The largest absolute Gasteiger partial charge is 0.371 e. The summed E-state index contributed by atoms with van der Waals surface area (Å²) in [6, 6.07) is 29.0. The maximum Gasteiger partial charge on any atom is 0.219 e. The van der Waals surface area contributed by atoms with Crippen LogP contribution in [0, 0.1) is 0 Å². The van der Waals surface area contributed by atoms with E-state index in [9.17, 15) is 5.11 Å². The molecule has 182 valence electrons. The van der Waals surface area contributed by atoms with E-state index >= 15 is 0 Å². The van der Waals surface area contributed by atoms with Gasteiger partial charge in [-0.2, -0.15) is 0 Å². The first-order valence-electron chi connectivity index (χ1n) is 11.5. The minimum atomic E-state index is -1.79. The third kappa shape index (κ3) is 6.90. The van der Waals surface area contributed by atoms with Gasteiger partial charge in [0.25, 0.3) is 0 Å². The molecule has 1 aliphatic rings. The smallest absolute Gasteiger partial charge is 0.219 e. The van der Waals surface area contributed by atoms with Crippen molar-refractivity contribution in [3.8, 4) is 0 Å². The minimum absolute atomic E-state index is 0.0118. The Kier molecular flexibility index (Phi) is 8.86. The van der Waals surface area contributed by atoms with Crippen LogP contribution in [0.25, 0.3) is 10.4 Å². The van der Waals surface area contributed by atoms with Gasteiger partial charge >= 0.3 is 0 Å². The van der Waals surface area contributed by atoms with Gasteiger partial charge in [-0.3, -0.25) is 0 Å². The molecule has 1 unspecified atom stereocenters. The van der Waals surface area contributed by atoms with E-state index in [0.717, 1.165) is 16.7 Å². The maximum atomic E-state index is 11.6. The second kappa shape index (κ2) is 12.5. The number of hydrogen-bond acceptors (Lipinski definition) is 6. The van der Waals surface area contributed by atoms with Crippen molar-refractivity contribution in [2.24, 2.45) is 5.11 Å². The first kappa shape index (κ1) is 24.9. The first-order valence-corrected chi connectivity index (χ1v) is 11.5. The number of aliphatic hydroxyl groups is 1. The molecular weight excluding hydrogens is 446 g/mol. The zero-order valence-electron chi connectivity index (χ0n) is 19.3. The highest BCUT2D eigenvalue weighted by atomic mass is 16.7. The highest BCUT2D eigenvalue weighted by Gasteiger charge is 2.56. The summed E-state index contributed by atoms with van der Waals surface area (Å²) in [5, 5.41) is 15.2. The lowest BCUT2D eigenvalue weighted by Gasteiger charge is -2.30. The lowest BCUT2D eigenvalue weighted by Crippen LogP contribution is -2.49. The number of benzene rings is 3. The molecule has 4 atom stereocenters. The van der Waals surface area contributed by atoms with Crippen LogP contribution in [0.5, 0.6) is 0 Å². The highest BCUT2D eigenvalue weighted by Crippen LogP contribution is 2.35. The summed E-state index contributed by atoms with van der Waals surface area (Å²) in [5.74, 6) is -1.79. The van der Waals surface area contributed by atoms with E-state index in [1.165, 1.54) is 0 Å². The van der Waals surface area contributed by atoms with Crippen LogP contribution in [-0.2, 0) is 38.8 Å². The van der Waals surface area contributed by atoms with Crippen LogP contribution in [0.4, 0.5) is 0 Å². The van der Waals surface area contributed by atoms with Crippen molar-refractivity contribution in [3.63, 3.8) is 0 Å². The van der Waals surface area contributed by atoms with Gasteiger partial charge in [0, 0.05) is 4.91 Å². The van der Waals surface area contributed by atoms with Gasteiger partial charge in [0.2, 0.25) is 5.79 Å². The predicted octanol–water partition coefficient (Wildman–Crippen LogP) is 4.77. The lowest BCUT2D eigenvalue weighted by atomic mass is 10.0. The Labute approximate surface area is 204 Å². The van der Waals surface area contributed by atoms with Gasteiger partial charge < -0.3 is 24.1 Å². The number of ether oxygens (including phenoxy) is 4. The molecule has 4 rings (SSSR count). The van der Waals surface area contributed by atoms with Gasteiger partial charge in [0.15, 0.2) is 0 Å². The van der Waals surface area contributed by atoms with E-state index in [4.69, 9.17) is 24.5 Å². The van der Waals surface area contributed by atoms with Gasteiger partial charge in [-0.25, -0.2) is 0 Å². The Morgan fingerprint density at radius 2 is 1.31 bits per heavy atom. The molecule has 3 aromatic carbocycles. The van der Waals surface area contributed by atoms with E-state index in [1.54, 1.807) is 0 Å². The molecule has 8 heteroatoms. The van der Waals surface area contributed by atoms with Crippen LogP contribution >= 0.6 is 0 Å². The summed E-state index contributed by atoms with van der Waals surface area (Å²) in [6.45, 7) is 0.680. The third-order valence-electron chi connectivity index (χ3n) is 5.77. The molecule has 0 bridgehead atoms. The van der Waals surface area contributed by atoms with Crippen molar-refractivity contribution in [2.75, 3.05) is 13.2 Å². The molecule has 0 spiro atoms. The van der Waals surface area contributed by atoms with Crippen molar-refractivity contribution in [1.29, 1.82) is 0 Å². The molecule has 1 N–H and O–H groups in total. The number of rotatable bonds is 12. The lowest BCUT2D eigenvalue weighted by molar-refractivity contribution is -0.264. The second-order valence-electron chi connectivity index (χ2n) is 8.37. The fourth-order valence-electron chi connectivity index (χ4n) is 4.06. The fourth-order valence-corrected chi connectivity index (χ4v) is 4.06. The van der Waals surface area contributed by atoms with Crippen LogP contribution in [0.1, 0.15) is 16.7 Å². The van der Waals surface area contributed by atoms with E-state index < -0.39 is 24.1 Å². The molecule has 0 aromatic heterocycles. The molecule has 3 aromatic rings. The van der Waals surface area contributed by atoms with E-state index in [0.29, 0.717) is 6.61 Å². The van der Waals surface area contributed by atoms with E-state index in [2.05, 4.69) is 10.0 Å². The van der Waals surface area contributed by atoms with Crippen molar-refractivity contribution in [1.82, 2.24) is 0 Å². The Balaban J connectivity index is 1.52. The van der Waals surface area contributed by atoms with Crippen molar-refractivity contribution < 1.29 is 24.1 Å². The number of nitrogens with zero attached hydrogens (tertiary/aromatic N) is 3. The number of hydrogen-bond donors (Lipinski definition) is 1. The van der Waals surface area contributed by atoms with Gasteiger partial charge in [-0.05, 0) is 22.2 Å². The van der Waals surface area contributed by atoms with Crippen LogP contribution in [0.2, 0.25) is 0 Å². The van der Waals surface area contributed by atoms with Crippen LogP contribution in [0.15, 0.2) is 96.1 Å². The maximum absolute atomic E-state index is 11.6. The van der Waals surface area contributed by atoms with Crippen molar-refractivity contribution in [2.45, 2.75) is 43.9 Å². The normalized spacial score (nSPS) is 23.6. The molecule has 1 aliphatic heterocycles. The fraction of sp³-hybridized carbons (Fsp3) is 0.333. The van der Waals surface area contributed by atoms with Crippen molar-refractivity contribution in [3.05, 3.63) is 118 Å². The molecule has 8 nitrogen and oxygen atoms in total. The molecule has 0 aliphatic carbocycles. The van der Waals surface area contributed by atoms with Gasteiger partial charge in [0.05, 0.1) is 32.5 Å². The SMILES string of the molecule is [N-]=[N+]=NC[C@H]1OC(O)(COCc2ccccc2)[C@@H](OCc2ccccc2)[C@@H]1OCc1ccccc1. The van der Waals surface area contributed by atoms with Crippen LogP contribution in [-0.4, -0.2) is 42.4 Å². The molecule has 0 saturated carbocycles. The molecule has 1 fully saturated rings. The van der Waals surface area contributed by atoms with Crippen LogP contribution < -0.4 is 0 Å². The zero-order chi connectivity index (χ0) is 24.3. The topological polar surface area (TPSA) is 106 Å². The average Bonchev–Trinajstić information content (AvgIpc) is 3.17. The molecule has 1 heterocycles. The molecular formula is C27H29N3O5. The highest BCUT2D eigenvalue weighted by molar-refractivity contribution is 5.15. The standard InChI is InChI=1S/C27H29N3O5/c28-30-29-16-24-25(33-18-22-12-6-2-7-13-22)26(34-19-23-14-8-3-9-15-23)27(31,35-24)20-32-17-21-10-4-1-5-11-21/h1-15,24-26,31H,16-20H2/t24-,25-,26+,27?/m1/s1.